The molecule has 0 aliphatic heterocycles. The molecule has 0 heterocycles. The molecule has 1 aromatic carbocycles. The predicted octanol–water partition coefficient (Wildman–Crippen LogP) is 1.76. The minimum absolute atomic E-state index is 0.0295. The highest BCUT2D eigenvalue weighted by atomic mass is 35.5. The Morgan fingerprint density at radius 1 is 1.40 bits per heavy atom. The molecule has 0 saturated heterocycles. The average Bonchev–Trinajstić information content (AvgIpc) is 2.37. The lowest BCUT2D eigenvalue weighted by atomic mass is 10.4. The number of nitrogens with one attached hydrogen (secondary N) is 1. The summed E-state index contributed by atoms with van der Waals surface area (Å²) in [6.45, 7) is 1.24. The molecule has 20 heavy (non-hydrogen) atoms. The number of sulfonamides is 1. The molecule has 0 saturated carbocycles. The molecule has 0 bridgehead atoms. The topological polar surface area (TPSA) is 92.7 Å². The van der Waals surface area contributed by atoms with Crippen molar-refractivity contribution in [3.63, 3.8) is 0 Å². The molecule has 1 unspecified atom stereocenters. The van der Waals surface area contributed by atoms with Crippen LogP contribution in [0.15, 0.2) is 23.1 Å². The van der Waals surface area contributed by atoms with E-state index >= 15 is 0 Å². The van der Waals surface area contributed by atoms with E-state index in [2.05, 4.69) is 4.72 Å². The maximum atomic E-state index is 11.9. The molecule has 0 spiro atoms. The standard InChI is InChI=1S/C11H13Cl2NO5S/c1-7(11(15)16)19-5-4-14-20(17,18)8-2-3-9(12)10(13)6-8/h2-3,6-7,14H,4-5H2,1H3,(H,15,16). The third-order valence-electron chi connectivity index (χ3n) is 2.31. The quantitative estimate of drug-likeness (QED) is 0.737. The smallest absolute Gasteiger partial charge is 0.332 e. The first-order valence-corrected chi connectivity index (χ1v) is 7.77. The third kappa shape index (κ3) is 4.92. The molecule has 1 atom stereocenters. The van der Waals surface area contributed by atoms with Gasteiger partial charge in [-0.25, -0.2) is 17.9 Å². The fourth-order valence-corrected chi connectivity index (χ4v) is 2.61. The van der Waals surface area contributed by atoms with Gasteiger partial charge in [-0.2, -0.15) is 0 Å². The van der Waals surface area contributed by atoms with Crippen LogP contribution in [0, 0.1) is 0 Å². The number of carbonyl (C=O) groups is 1. The number of rotatable bonds is 7. The fraction of sp³-hybridized carbons (Fsp3) is 0.364. The van der Waals surface area contributed by atoms with Crippen LogP contribution in [0.25, 0.3) is 0 Å². The molecule has 9 heteroatoms. The lowest BCUT2D eigenvalue weighted by Gasteiger charge is -2.10. The first-order chi connectivity index (χ1) is 9.24. The van der Waals surface area contributed by atoms with Crippen molar-refractivity contribution in [2.24, 2.45) is 0 Å². The van der Waals surface area contributed by atoms with E-state index in [1.807, 2.05) is 0 Å². The van der Waals surface area contributed by atoms with Crippen molar-refractivity contribution >= 4 is 39.2 Å². The lowest BCUT2D eigenvalue weighted by Crippen LogP contribution is -2.30. The zero-order valence-corrected chi connectivity index (χ0v) is 12.8. The van der Waals surface area contributed by atoms with Gasteiger partial charge in [0.05, 0.1) is 21.5 Å². The molecule has 112 valence electrons. The molecule has 0 aliphatic rings. The monoisotopic (exact) mass is 341 g/mol. The molecular formula is C11H13Cl2NO5S. The molecule has 6 nitrogen and oxygen atoms in total. The third-order valence-corrected chi connectivity index (χ3v) is 4.51. The lowest BCUT2D eigenvalue weighted by molar-refractivity contribution is -0.148. The molecule has 1 aromatic rings. The van der Waals surface area contributed by atoms with Crippen molar-refractivity contribution < 1.29 is 23.1 Å². The zero-order chi connectivity index (χ0) is 15.3. The highest BCUT2D eigenvalue weighted by Crippen LogP contribution is 2.24. The molecule has 0 aliphatic carbocycles. The van der Waals surface area contributed by atoms with E-state index in [9.17, 15) is 13.2 Å². The van der Waals surface area contributed by atoms with Gasteiger partial charge in [-0.05, 0) is 25.1 Å². The van der Waals surface area contributed by atoms with E-state index in [-0.39, 0.29) is 28.1 Å². The highest BCUT2D eigenvalue weighted by molar-refractivity contribution is 7.89. The van der Waals surface area contributed by atoms with Gasteiger partial charge < -0.3 is 9.84 Å². The summed E-state index contributed by atoms with van der Waals surface area (Å²) in [5, 5.41) is 8.97. The molecule has 2 N–H and O–H groups in total. The molecular weight excluding hydrogens is 329 g/mol. The van der Waals surface area contributed by atoms with Crippen LogP contribution in [0.3, 0.4) is 0 Å². The summed E-state index contributed by atoms with van der Waals surface area (Å²) in [5.74, 6) is -1.11. The van der Waals surface area contributed by atoms with E-state index < -0.39 is 22.1 Å². The van der Waals surface area contributed by atoms with Crippen LogP contribution in [0.5, 0.6) is 0 Å². The van der Waals surface area contributed by atoms with Gasteiger partial charge in [-0.15, -0.1) is 0 Å². The molecule has 0 aromatic heterocycles. The van der Waals surface area contributed by atoms with E-state index in [1.54, 1.807) is 0 Å². The number of aliphatic carboxylic acids is 1. The van der Waals surface area contributed by atoms with Crippen LogP contribution in [0.4, 0.5) is 0 Å². The summed E-state index contributed by atoms with van der Waals surface area (Å²) in [4.78, 5) is 10.5. The summed E-state index contributed by atoms with van der Waals surface area (Å²) >= 11 is 11.4. The minimum atomic E-state index is -3.74. The number of benzene rings is 1. The van der Waals surface area contributed by atoms with E-state index in [0.717, 1.165) is 0 Å². The molecule has 1 rings (SSSR count). The van der Waals surface area contributed by atoms with Crippen molar-refractivity contribution in [2.75, 3.05) is 13.2 Å². The van der Waals surface area contributed by atoms with Crippen molar-refractivity contribution in [1.29, 1.82) is 0 Å². The zero-order valence-electron chi connectivity index (χ0n) is 10.5. The molecule has 0 amide bonds. The van der Waals surface area contributed by atoms with Gasteiger partial charge in [-0.3, -0.25) is 0 Å². The van der Waals surface area contributed by atoms with Crippen LogP contribution in [0.1, 0.15) is 6.92 Å². The summed E-state index contributed by atoms with van der Waals surface area (Å²) < 4.78 is 31.0. The summed E-state index contributed by atoms with van der Waals surface area (Å²) in [7, 11) is -3.74. The fourth-order valence-electron chi connectivity index (χ4n) is 1.21. The van der Waals surface area contributed by atoms with Gasteiger partial charge in [-0.1, -0.05) is 23.2 Å². The largest absolute Gasteiger partial charge is 0.479 e. The Hall–Kier alpha value is -0.860. The van der Waals surface area contributed by atoms with Crippen LogP contribution in [-0.4, -0.2) is 38.7 Å². The van der Waals surface area contributed by atoms with Gasteiger partial charge in [0.15, 0.2) is 6.10 Å². The Kier molecular flexibility index (Phi) is 6.22. The number of carboxylic acids is 1. The first kappa shape index (κ1) is 17.2. The molecule has 0 radical (unpaired) electrons. The Bertz CT molecular complexity index is 590. The first-order valence-electron chi connectivity index (χ1n) is 5.53. The van der Waals surface area contributed by atoms with E-state index in [0.29, 0.717) is 0 Å². The second-order valence-electron chi connectivity index (χ2n) is 3.82. The van der Waals surface area contributed by atoms with Crippen LogP contribution < -0.4 is 4.72 Å². The maximum Gasteiger partial charge on any atom is 0.332 e. The highest BCUT2D eigenvalue weighted by Gasteiger charge is 2.16. The Morgan fingerprint density at radius 3 is 2.60 bits per heavy atom. The van der Waals surface area contributed by atoms with Crippen molar-refractivity contribution in [2.45, 2.75) is 17.9 Å². The minimum Gasteiger partial charge on any atom is -0.479 e. The van der Waals surface area contributed by atoms with Crippen LogP contribution in [0.2, 0.25) is 10.0 Å². The van der Waals surface area contributed by atoms with Gasteiger partial charge in [0.2, 0.25) is 10.0 Å². The van der Waals surface area contributed by atoms with Crippen LogP contribution in [-0.2, 0) is 19.6 Å². The summed E-state index contributed by atoms with van der Waals surface area (Å²) in [6, 6.07) is 3.92. The van der Waals surface area contributed by atoms with Gasteiger partial charge in [0.1, 0.15) is 0 Å². The van der Waals surface area contributed by atoms with Gasteiger partial charge in [0, 0.05) is 6.54 Å². The van der Waals surface area contributed by atoms with Crippen molar-refractivity contribution in [3.05, 3.63) is 28.2 Å². The van der Waals surface area contributed by atoms with E-state index in [1.165, 1.54) is 25.1 Å². The number of halogens is 2. The number of ether oxygens (including phenoxy) is 1. The molecule has 0 fully saturated rings. The van der Waals surface area contributed by atoms with E-state index in [4.69, 9.17) is 33.0 Å². The summed E-state index contributed by atoms with van der Waals surface area (Å²) in [5.41, 5.74) is 0. The van der Waals surface area contributed by atoms with Gasteiger partial charge in [0.25, 0.3) is 0 Å². The van der Waals surface area contributed by atoms with Crippen molar-refractivity contribution in [1.82, 2.24) is 4.72 Å². The normalized spacial score (nSPS) is 13.2. The Balaban J connectivity index is 2.58. The summed E-state index contributed by atoms with van der Waals surface area (Å²) in [6.07, 6.45) is -0.996. The van der Waals surface area contributed by atoms with Gasteiger partial charge >= 0.3 is 5.97 Å². The maximum absolute atomic E-state index is 11.9. The van der Waals surface area contributed by atoms with Crippen molar-refractivity contribution in [3.8, 4) is 0 Å². The second kappa shape index (κ2) is 7.24. The van der Waals surface area contributed by atoms with Crippen LogP contribution >= 0.6 is 23.2 Å². The number of hydrogen-bond donors (Lipinski definition) is 2. The number of hydrogen-bond acceptors (Lipinski definition) is 4. The predicted molar refractivity (Wildman–Crippen MR) is 74.7 cm³/mol. The SMILES string of the molecule is CC(OCCNS(=O)(=O)c1ccc(Cl)c(Cl)c1)C(=O)O. The number of carboxylic acid groups (broad SMARTS) is 1. The Labute approximate surface area is 126 Å². The average molecular weight is 342 g/mol. The second-order valence-corrected chi connectivity index (χ2v) is 6.41. The Morgan fingerprint density at radius 2 is 2.05 bits per heavy atom.